The predicted molar refractivity (Wildman–Crippen MR) is 57.0 cm³/mol. The van der Waals surface area contributed by atoms with Crippen molar-refractivity contribution in [2.24, 2.45) is 5.41 Å². The van der Waals surface area contributed by atoms with Gasteiger partial charge in [0.25, 0.3) is 0 Å². The van der Waals surface area contributed by atoms with Crippen molar-refractivity contribution in [2.45, 2.75) is 19.8 Å². The van der Waals surface area contributed by atoms with Gasteiger partial charge in [0, 0.05) is 12.7 Å². The Morgan fingerprint density at radius 1 is 1.67 bits per heavy atom. The summed E-state index contributed by atoms with van der Waals surface area (Å²) in [6.45, 7) is 3.07. The van der Waals surface area contributed by atoms with Crippen molar-refractivity contribution in [2.75, 3.05) is 11.9 Å². The molecule has 1 aromatic rings. The monoisotopic (exact) mass is 206 g/mol. The van der Waals surface area contributed by atoms with Crippen LogP contribution in [0.2, 0.25) is 0 Å². The van der Waals surface area contributed by atoms with E-state index in [1.165, 1.54) is 25.1 Å². The molecule has 0 bridgehead atoms. The largest absolute Gasteiger partial charge is 0.478 e. The van der Waals surface area contributed by atoms with Crippen molar-refractivity contribution in [1.82, 2.24) is 4.98 Å². The lowest BCUT2D eigenvalue weighted by Crippen LogP contribution is -2.13. The van der Waals surface area contributed by atoms with Gasteiger partial charge in [0.2, 0.25) is 0 Å². The number of nitrogens with one attached hydrogen (secondary N) is 1. The zero-order valence-electron chi connectivity index (χ0n) is 8.66. The van der Waals surface area contributed by atoms with Gasteiger partial charge >= 0.3 is 5.97 Å². The van der Waals surface area contributed by atoms with Crippen molar-refractivity contribution < 1.29 is 9.90 Å². The van der Waals surface area contributed by atoms with Crippen molar-refractivity contribution in [3.05, 3.63) is 23.9 Å². The van der Waals surface area contributed by atoms with E-state index in [0.717, 1.165) is 6.54 Å². The highest BCUT2D eigenvalue weighted by atomic mass is 16.4. The van der Waals surface area contributed by atoms with E-state index in [9.17, 15) is 4.79 Å². The second kappa shape index (κ2) is 3.53. The Balaban J connectivity index is 2.01. The van der Waals surface area contributed by atoms with Crippen LogP contribution < -0.4 is 5.32 Å². The minimum absolute atomic E-state index is 0.272. The van der Waals surface area contributed by atoms with Gasteiger partial charge in [-0.25, -0.2) is 9.78 Å². The first kappa shape index (κ1) is 9.96. The van der Waals surface area contributed by atoms with E-state index in [4.69, 9.17) is 5.11 Å². The van der Waals surface area contributed by atoms with Crippen LogP contribution in [-0.2, 0) is 0 Å². The maximum Gasteiger partial charge on any atom is 0.335 e. The molecular formula is C11H14N2O2. The van der Waals surface area contributed by atoms with Crippen LogP contribution in [0.1, 0.15) is 30.1 Å². The molecule has 4 nitrogen and oxygen atoms in total. The average molecular weight is 206 g/mol. The number of aromatic nitrogens is 1. The molecule has 1 aliphatic rings. The van der Waals surface area contributed by atoms with Gasteiger partial charge in [0.15, 0.2) is 0 Å². The summed E-state index contributed by atoms with van der Waals surface area (Å²) < 4.78 is 0. The van der Waals surface area contributed by atoms with Crippen LogP contribution >= 0.6 is 0 Å². The van der Waals surface area contributed by atoms with Crippen molar-refractivity contribution in [3.63, 3.8) is 0 Å². The maximum atomic E-state index is 10.7. The summed E-state index contributed by atoms with van der Waals surface area (Å²) in [5, 5.41) is 12.0. The fraction of sp³-hybridized carbons (Fsp3) is 0.455. The number of carbonyl (C=O) groups is 1. The van der Waals surface area contributed by atoms with Gasteiger partial charge in [0.1, 0.15) is 5.82 Å². The minimum Gasteiger partial charge on any atom is -0.478 e. The van der Waals surface area contributed by atoms with Crippen LogP contribution in [0.3, 0.4) is 0 Å². The Morgan fingerprint density at radius 2 is 2.40 bits per heavy atom. The molecule has 1 saturated carbocycles. The Labute approximate surface area is 88.3 Å². The van der Waals surface area contributed by atoms with Gasteiger partial charge in [-0.1, -0.05) is 6.92 Å². The van der Waals surface area contributed by atoms with E-state index in [0.29, 0.717) is 11.2 Å². The van der Waals surface area contributed by atoms with Gasteiger partial charge < -0.3 is 10.4 Å². The number of carboxylic acids is 1. The lowest BCUT2D eigenvalue weighted by atomic mass is 10.1. The average Bonchev–Trinajstić information content (AvgIpc) is 2.95. The number of pyridine rings is 1. The molecule has 1 heterocycles. The van der Waals surface area contributed by atoms with Crippen molar-refractivity contribution >= 4 is 11.8 Å². The summed E-state index contributed by atoms with van der Waals surface area (Å²) in [7, 11) is 0. The third-order valence-electron chi connectivity index (χ3n) is 2.81. The summed E-state index contributed by atoms with van der Waals surface area (Å²) in [4.78, 5) is 14.8. The highest BCUT2D eigenvalue weighted by molar-refractivity contribution is 5.88. The second-order valence-electron chi connectivity index (χ2n) is 4.40. The Hall–Kier alpha value is -1.58. The van der Waals surface area contributed by atoms with Gasteiger partial charge in [-0.2, -0.15) is 0 Å². The summed E-state index contributed by atoms with van der Waals surface area (Å²) in [5.74, 6) is -0.277. The molecule has 0 aliphatic heterocycles. The molecule has 15 heavy (non-hydrogen) atoms. The topological polar surface area (TPSA) is 62.2 Å². The van der Waals surface area contributed by atoms with Crippen molar-refractivity contribution in [1.29, 1.82) is 0 Å². The number of carboxylic acid groups (broad SMARTS) is 1. The summed E-state index contributed by atoms with van der Waals surface area (Å²) >= 11 is 0. The summed E-state index contributed by atoms with van der Waals surface area (Å²) in [6.07, 6.45) is 3.98. The molecule has 1 aromatic heterocycles. The second-order valence-corrected chi connectivity index (χ2v) is 4.40. The molecule has 0 unspecified atom stereocenters. The summed E-state index contributed by atoms with van der Waals surface area (Å²) in [5.41, 5.74) is 0.662. The molecule has 1 aliphatic carbocycles. The maximum absolute atomic E-state index is 10.7. The van der Waals surface area contributed by atoms with E-state index in [2.05, 4.69) is 17.2 Å². The SMILES string of the molecule is CC1(CNc2cc(C(=O)O)ccn2)CC1. The van der Waals surface area contributed by atoms with Crippen LogP contribution in [0.4, 0.5) is 5.82 Å². The molecule has 0 saturated heterocycles. The molecule has 4 heteroatoms. The van der Waals surface area contributed by atoms with E-state index in [-0.39, 0.29) is 5.56 Å². The lowest BCUT2D eigenvalue weighted by Gasteiger charge is -2.10. The van der Waals surface area contributed by atoms with Gasteiger partial charge in [-0.3, -0.25) is 0 Å². The number of hydrogen-bond donors (Lipinski definition) is 2. The van der Waals surface area contributed by atoms with Gasteiger partial charge in [-0.15, -0.1) is 0 Å². The fourth-order valence-corrected chi connectivity index (χ4v) is 1.35. The molecule has 0 spiro atoms. The molecule has 0 amide bonds. The number of hydrogen-bond acceptors (Lipinski definition) is 3. The highest BCUT2D eigenvalue weighted by Crippen LogP contribution is 2.44. The molecule has 0 radical (unpaired) electrons. The Kier molecular flexibility index (Phi) is 2.34. The standard InChI is InChI=1S/C11H14N2O2/c1-11(3-4-11)7-13-9-6-8(10(14)15)2-5-12-9/h2,5-6H,3-4,7H2,1H3,(H,12,13)(H,14,15). The first-order valence-corrected chi connectivity index (χ1v) is 5.02. The molecule has 2 N–H and O–H groups in total. The Morgan fingerprint density at radius 3 is 3.00 bits per heavy atom. The first-order chi connectivity index (χ1) is 7.09. The third-order valence-corrected chi connectivity index (χ3v) is 2.81. The molecule has 2 rings (SSSR count). The fourth-order valence-electron chi connectivity index (χ4n) is 1.35. The normalized spacial score (nSPS) is 17.1. The quantitative estimate of drug-likeness (QED) is 0.790. The van der Waals surface area contributed by atoms with Gasteiger partial charge in [0.05, 0.1) is 5.56 Å². The number of anilines is 1. The lowest BCUT2D eigenvalue weighted by molar-refractivity contribution is 0.0697. The molecule has 80 valence electrons. The van der Waals surface area contributed by atoms with Crippen LogP contribution in [-0.4, -0.2) is 22.6 Å². The minimum atomic E-state index is -0.918. The third kappa shape index (κ3) is 2.46. The predicted octanol–water partition coefficient (Wildman–Crippen LogP) is 1.99. The zero-order valence-corrected chi connectivity index (χ0v) is 8.66. The summed E-state index contributed by atoms with van der Waals surface area (Å²) in [6, 6.07) is 3.06. The van der Waals surface area contributed by atoms with E-state index in [1.54, 1.807) is 6.07 Å². The Bertz CT molecular complexity index is 386. The number of nitrogens with zero attached hydrogens (tertiary/aromatic N) is 1. The number of rotatable bonds is 4. The molecular weight excluding hydrogens is 192 g/mol. The highest BCUT2D eigenvalue weighted by Gasteiger charge is 2.36. The van der Waals surface area contributed by atoms with E-state index >= 15 is 0 Å². The van der Waals surface area contributed by atoms with Crippen LogP contribution in [0, 0.1) is 5.41 Å². The molecule has 1 fully saturated rings. The van der Waals surface area contributed by atoms with Crippen LogP contribution in [0.15, 0.2) is 18.3 Å². The van der Waals surface area contributed by atoms with Gasteiger partial charge in [-0.05, 0) is 30.4 Å². The van der Waals surface area contributed by atoms with E-state index in [1.807, 2.05) is 0 Å². The number of aromatic carboxylic acids is 1. The smallest absolute Gasteiger partial charge is 0.335 e. The van der Waals surface area contributed by atoms with E-state index < -0.39 is 5.97 Å². The molecule has 0 aromatic carbocycles. The van der Waals surface area contributed by atoms with Crippen molar-refractivity contribution in [3.8, 4) is 0 Å². The van der Waals surface area contributed by atoms with Crippen LogP contribution in [0.25, 0.3) is 0 Å². The molecule has 0 atom stereocenters. The zero-order chi connectivity index (χ0) is 10.9. The first-order valence-electron chi connectivity index (χ1n) is 5.02. The van der Waals surface area contributed by atoms with Crippen LogP contribution in [0.5, 0.6) is 0 Å².